The van der Waals surface area contributed by atoms with E-state index in [-0.39, 0.29) is 0 Å². The maximum atomic E-state index is 5.05. The lowest BCUT2D eigenvalue weighted by Crippen LogP contribution is -2.00. The third-order valence-corrected chi connectivity index (χ3v) is 11.8. The SMILES string of the molecule is c1ccc(-c2ccc3c(c2)c2c(-c4cccc(-c5nc(-c6ccccc6)nc(-c6ccccc6)n5)c4)cccc2n3-c2ccc3c(c2)sc2ccccc23)cc1. The van der Waals surface area contributed by atoms with Crippen LogP contribution in [0.2, 0.25) is 0 Å². The molecule has 0 spiro atoms. The molecular formula is C51H32N4S. The van der Waals surface area contributed by atoms with E-state index in [0.717, 1.165) is 39.0 Å². The first-order valence-electron chi connectivity index (χ1n) is 18.8. The third kappa shape index (κ3) is 5.48. The van der Waals surface area contributed by atoms with Crippen LogP contribution in [-0.2, 0) is 0 Å². The fraction of sp³-hybridized carbons (Fsp3) is 0. The molecule has 262 valence electrons. The monoisotopic (exact) mass is 732 g/mol. The molecule has 0 N–H and O–H groups in total. The number of rotatable bonds is 6. The first kappa shape index (κ1) is 32.2. The second kappa shape index (κ2) is 13.3. The van der Waals surface area contributed by atoms with Gasteiger partial charge in [-0.05, 0) is 64.7 Å². The average molecular weight is 733 g/mol. The third-order valence-electron chi connectivity index (χ3n) is 10.6. The molecule has 11 rings (SSSR count). The fourth-order valence-corrected chi connectivity index (χ4v) is 9.16. The summed E-state index contributed by atoms with van der Waals surface area (Å²) in [5.41, 5.74) is 10.9. The number of hydrogen-bond donors (Lipinski definition) is 0. The van der Waals surface area contributed by atoms with Gasteiger partial charge in [-0.2, -0.15) is 0 Å². The van der Waals surface area contributed by atoms with Crippen LogP contribution in [0.5, 0.6) is 0 Å². The summed E-state index contributed by atoms with van der Waals surface area (Å²) in [6.07, 6.45) is 0. The Morgan fingerprint density at radius 3 is 1.66 bits per heavy atom. The summed E-state index contributed by atoms with van der Waals surface area (Å²) in [5, 5.41) is 5.01. The highest BCUT2D eigenvalue weighted by atomic mass is 32.1. The molecule has 0 saturated carbocycles. The lowest BCUT2D eigenvalue weighted by Gasteiger charge is -2.11. The highest BCUT2D eigenvalue weighted by Crippen LogP contribution is 2.42. The van der Waals surface area contributed by atoms with Crippen molar-refractivity contribution in [2.24, 2.45) is 0 Å². The molecule has 3 aromatic heterocycles. The zero-order valence-electron chi connectivity index (χ0n) is 30.2. The van der Waals surface area contributed by atoms with Crippen LogP contribution >= 0.6 is 11.3 Å². The topological polar surface area (TPSA) is 43.6 Å². The van der Waals surface area contributed by atoms with Crippen LogP contribution in [0.15, 0.2) is 194 Å². The molecule has 0 aliphatic carbocycles. The Morgan fingerprint density at radius 1 is 0.339 bits per heavy atom. The van der Waals surface area contributed by atoms with Crippen molar-refractivity contribution in [3.8, 4) is 62.1 Å². The van der Waals surface area contributed by atoms with Crippen LogP contribution < -0.4 is 0 Å². The fourth-order valence-electron chi connectivity index (χ4n) is 8.02. The van der Waals surface area contributed by atoms with Gasteiger partial charge < -0.3 is 4.57 Å². The van der Waals surface area contributed by atoms with Crippen molar-refractivity contribution < 1.29 is 0 Å². The van der Waals surface area contributed by atoms with Gasteiger partial charge in [-0.15, -0.1) is 11.3 Å². The summed E-state index contributed by atoms with van der Waals surface area (Å²) < 4.78 is 5.02. The molecule has 0 unspecified atom stereocenters. The molecule has 8 aromatic carbocycles. The predicted octanol–water partition coefficient (Wildman–Crippen LogP) is 13.7. The zero-order valence-corrected chi connectivity index (χ0v) is 31.0. The maximum absolute atomic E-state index is 5.05. The Hall–Kier alpha value is -7.21. The summed E-state index contributed by atoms with van der Waals surface area (Å²) >= 11 is 1.85. The summed E-state index contributed by atoms with van der Waals surface area (Å²) in [6.45, 7) is 0. The standard InChI is InChI=1S/C51H32N4S/c1-4-14-33(15-5-1)36-26-29-44-43(31-36)48-40(23-13-24-45(48)55(44)39-27-28-42-41-22-10-11-25-46(41)56-47(42)32-39)37-20-12-21-38(30-37)51-53-49(34-16-6-2-7-17-34)52-50(54-51)35-18-8-3-9-19-35/h1-32H. The van der Waals surface area contributed by atoms with Gasteiger partial charge >= 0.3 is 0 Å². The van der Waals surface area contributed by atoms with Gasteiger partial charge in [0.2, 0.25) is 0 Å². The quantitative estimate of drug-likeness (QED) is 0.171. The molecule has 0 atom stereocenters. The number of aromatic nitrogens is 4. The average Bonchev–Trinajstić information content (AvgIpc) is 3.82. The van der Waals surface area contributed by atoms with E-state index in [1.165, 1.54) is 47.6 Å². The second-order valence-corrected chi connectivity index (χ2v) is 15.1. The van der Waals surface area contributed by atoms with Crippen LogP contribution in [0, 0.1) is 0 Å². The largest absolute Gasteiger partial charge is 0.309 e. The van der Waals surface area contributed by atoms with Crippen molar-refractivity contribution in [3.05, 3.63) is 194 Å². The lowest BCUT2D eigenvalue weighted by atomic mass is 9.96. The first-order valence-corrected chi connectivity index (χ1v) is 19.6. The molecule has 0 aliphatic rings. The molecule has 3 heterocycles. The van der Waals surface area contributed by atoms with E-state index >= 15 is 0 Å². The van der Waals surface area contributed by atoms with E-state index in [4.69, 9.17) is 15.0 Å². The normalized spacial score (nSPS) is 11.6. The molecule has 5 heteroatoms. The van der Waals surface area contributed by atoms with E-state index in [0.29, 0.717) is 17.5 Å². The Balaban J connectivity index is 1.13. The molecule has 56 heavy (non-hydrogen) atoms. The van der Waals surface area contributed by atoms with E-state index in [1.54, 1.807) is 0 Å². The summed E-state index contributed by atoms with van der Waals surface area (Å²) in [6, 6.07) is 68.7. The number of hydrogen-bond acceptors (Lipinski definition) is 4. The van der Waals surface area contributed by atoms with Gasteiger partial charge in [-0.1, -0.05) is 152 Å². The van der Waals surface area contributed by atoms with Crippen molar-refractivity contribution in [3.63, 3.8) is 0 Å². The Morgan fingerprint density at radius 2 is 0.929 bits per heavy atom. The molecule has 0 aliphatic heterocycles. The Bertz CT molecular complexity index is 3180. The van der Waals surface area contributed by atoms with E-state index in [9.17, 15) is 0 Å². The minimum Gasteiger partial charge on any atom is -0.309 e. The van der Waals surface area contributed by atoms with Crippen molar-refractivity contribution in [2.75, 3.05) is 0 Å². The molecular weight excluding hydrogens is 701 g/mol. The number of fused-ring (bicyclic) bond motifs is 6. The van der Waals surface area contributed by atoms with Gasteiger partial charge in [-0.25, -0.2) is 15.0 Å². The molecule has 0 amide bonds. The minimum absolute atomic E-state index is 0.636. The van der Waals surface area contributed by atoms with E-state index in [1.807, 2.05) is 72.0 Å². The van der Waals surface area contributed by atoms with Crippen molar-refractivity contribution in [2.45, 2.75) is 0 Å². The highest BCUT2D eigenvalue weighted by Gasteiger charge is 2.19. The molecule has 0 fully saturated rings. The van der Waals surface area contributed by atoms with Crippen molar-refractivity contribution in [1.29, 1.82) is 0 Å². The van der Waals surface area contributed by atoms with Gasteiger partial charge in [0.25, 0.3) is 0 Å². The van der Waals surface area contributed by atoms with Gasteiger partial charge in [-0.3, -0.25) is 0 Å². The lowest BCUT2D eigenvalue weighted by molar-refractivity contribution is 1.07. The number of nitrogens with zero attached hydrogens (tertiary/aromatic N) is 4. The summed E-state index contributed by atoms with van der Waals surface area (Å²) in [5.74, 6) is 1.93. The molecule has 0 radical (unpaired) electrons. The minimum atomic E-state index is 0.636. The molecule has 0 bridgehead atoms. The van der Waals surface area contributed by atoms with E-state index in [2.05, 4.69) is 138 Å². The second-order valence-electron chi connectivity index (χ2n) is 14.0. The summed E-state index contributed by atoms with van der Waals surface area (Å²) in [7, 11) is 0. The van der Waals surface area contributed by atoms with Crippen LogP contribution in [0.1, 0.15) is 0 Å². The zero-order chi connectivity index (χ0) is 37.0. The van der Waals surface area contributed by atoms with Crippen LogP contribution in [0.3, 0.4) is 0 Å². The molecule has 0 saturated heterocycles. The van der Waals surface area contributed by atoms with Crippen LogP contribution in [0.4, 0.5) is 0 Å². The summed E-state index contributed by atoms with van der Waals surface area (Å²) in [4.78, 5) is 15.0. The van der Waals surface area contributed by atoms with Gasteiger partial charge in [0.1, 0.15) is 0 Å². The van der Waals surface area contributed by atoms with Crippen LogP contribution in [-0.4, -0.2) is 19.5 Å². The van der Waals surface area contributed by atoms with E-state index < -0.39 is 0 Å². The Labute approximate surface area is 327 Å². The van der Waals surface area contributed by atoms with Gasteiger partial charge in [0, 0.05) is 53.3 Å². The maximum Gasteiger partial charge on any atom is 0.164 e. The first-order chi connectivity index (χ1) is 27.7. The van der Waals surface area contributed by atoms with Crippen LogP contribution in [0.25, 0.3) is 104 Å². The van der Waals surface area contributed by atoms with Gasteiger partial charge in [0.15, 0.2) is 17.5 Å². The smallest absolute Gasteiger partial charge is 0.164 e. The van der Waals surface area contributed by atoms with Crippen molar-refractivity contribution in [1.82, 2.24) is 19.5 Å². The molecule has 4 nitrogen and oxygen atoms in total. The Kier molecular flexibility index (Phi) is 7.64. The van der Waals surface area contributed by atoms with Gasteiger partial charge in [0.05, 0.1) is 11.0 Å². The predicted molar refractivity (Wildman–Crippen MR) is 234 cm³/mol. The highest BCUT2D eigenvalue weighted by molar-refractivity contribution is 7.25. The van der Waals surface area contributed by atoms with Crippen molar-refractivity contribution >= 4 is 53.3 Å². The molecule has 11 aromatic rings. The number of thiophene rings is 1. The number of benzene rings is 8.